The van der Waals surface area contributed by atoms with Gasteiger partial charge in [-0.2, -0.15) is 0 Å². The van der Waals surface area contributed by atoms with Crippen molar-refractivity contribution >= 4 is 11.8 Å². The number of nitrogens with one attached hydrogen (secondary N) is 2. The minimum atomic E-state index is -0.137. The third-order valence-electron chi connectivity index (χ3n) is 4.14. The van der Waals surface area contributed by atoms with Gasteiger partial charge in [0, 0.05) is 12.5 Å². The molecule has 4 heteroatoms. The van der Waals surface area contributed by atoms with Gasteiger partial charge in [-0.1, -0.05) is 43.5 Å². The molecule has 0 atom stereocenters. The summed E-state index contributed by atoms with van der Waals surface area (Å²) in [5.41, 5.74) is 2.26. The molecule has 2 amide bonds. The number of benzene rings is 1. The summed E-state index contributed by atoms with van der Waals surface area (Å²) >= 11 is 0. The smallest absolute Gasteiger partial charge is 0.239 e. The van der Waals surface area contributed by atoms with Crippen molar-refractivity contribution < 1.29 is 9.59 Å². The predicted octanol–water partition coefficient (Wildman–Crippen LogP) is 2.31. The molecule has 1 fully saturated rings. The van der Waals surface area contributed by atoms with E-state index in [4.69, 9.17) is 0 Å². The van der Waals surface area contributed by atoms with Crippen LogP contribution in [0.4, 0.5) is 0 Å². The molecule has 1 saturated carbocycles. The molecular weight excluding hydrogens is 264 g/mol. The number of rotatable bonds is 5. The molecular formula is C17H24N2O2. The molecule has 0 spiro atoms. The quantitative estimate of drug-likeness (QED) is 0.873. The van der Waals surface area contributed by atoms with Crippen LogP contribution in [0.25, 0.3) is 0 Å². The molecule has 21 heavy (non-hydrogen) atoms. The van der Waals surface area contributed by atoms with Crippen LogP contribution in [0.1, 0.15) is 43.2 Å². The van der Waals surface area contributed by atoms with E-state index in [1.165, 1.54) is 6.42 Å². The first kappa shape index (κ1) is 15.5. The molecule has 2 N–H and O–H groups in total. The summed E-state index contributed by atoms with van der Waals surface area (Å²) in [6.07, 6.45) is 5.38. The van der Waals surface area contributed by atoms with Gasteiger partial charge in [0.05, 0.1) is 6.54 Å². The van der Waals surface area contributed by atoms with Crippen LogP contribution in [-0.4, -0.2) is 18.4 Å². The van der Waals surface area contributed by atoms with Gasteiger partial charge >= 0.3 is 0 Å². The summed E-state index contributed by atoms with van der Waals surface area (Å²) in [6.45, 7) is 2.60. The summed E-state index contributed by atoms with van der Waals surface area (Å²) in [5, 5.41) is 5.60. The average molecular weight is 288 g/mol. The van der Waals surface area contributed by atoms with Gasteiger partial charge in [0.25, 0.3) is 0 Å². The van der Waals surface area contributed by atoms with Crippen molar-refractivity contribution in [1.82, 2.24) is 10.6 Å². The highest BCUT2D eigenvalue weighted by Gasteiger charge is 2.21. The van der Waals surface area contributed by atoms with Crippen LogP contribution >= 0.6 is 0 Å². The maximum atomic E-state index is 11.9. The first-order chi connectivity index (χ1) is 10.2. The Morgan fingerprint density at radius 2 is 1.81 bits per heavy atom. The Kier molecular flexibility index (Phi) is 5.78. The van der Waals surface area contributed by atoms with Crippen molar-refractivity contribution in [2.45, 2.75) is 45.6 Å². The van der Waals surface area contributed by atoms with Gasteiger partial charge in [0.1, 0.15) is 0 Å². The Hall–Kier alpha value is -1.84. The number of amides is 2. The van der Waals surface area contributed by atoms with Gasteiger partial charge in [-0.15, -0.1) is 0 Å². The highest BCUT2D eigenvalue weighted by atomic mass is 16.2. The van der Waals surface area contributed by atoms with E-state index < -0.39 is 0 Å². The minimum absolute atomic E-state index is 0.0285. The van der Waals surface area contributed by atoms with Crippen molar-refractivity contribution in [2.75, 3.05) is 6.54 Å². The standard InChI is InChI=1S/C17H24N2O2/c1-13-7-5-6-10-15(13)11-18-16(20)12-19-17(21)14-8-3-2-4-9-14/h5-7,10,14H,2-4,8-9,11-12H2,1H3,(H,18,20)(H,19,21). The second-order valence-corrected chi connectivity index (χ2v) is 5.76. The maximum Gasteiger partial charge on any atom is 0.239 e. The van der Waals surface area contributed by atoms with E-state index >= 15 is 0 Å². The fraction of sp³-hybridized carbons (Fsp3) is 0.529. The first-order valence-electron chi connectivity index (χ1n) is 7.75. The Bertz CT molecular complexity index is 493. The van der Waals surface area contributed by atoms with Gasteiger partial charge in [-0.05, 0) is 30.9 Å². The van der Waals surface area contributed by atoms with Crippen LogP contribution in [0.2, 0.25) is 0 Å². The molecule has 0 aromatic heterocycles. The molecule has 0 bridgehead atoms. The molecule has 1 aliphatic carbocycles. The zero-order valence-electron chi connectivity index (χ0n) is 12.7. The zero-order chi connectivity index (χ0) is 15.1. The van der Waals surface area contributed by atoms with Crippen molar-refractivity contribution in [1.29, 1.82) is 0 Å². The second kappa shape index (κ2) is 7.81. The van der Waals surface area contributed by atoms with Crippen LogP contribution in [0.3, 0.4) is 0 Å². The third-order valence-corrected chi connectivity index (χ3v) is 4.14. The molecule has 2 rings (SSSR count). The van der Waals surface area contributed by atoms with E-state index in [1.54, 1.807) is 0 Å². The van der Waals surface area contributed by atoms with Crippen LogP contribution in [0.15, 0.2) is 24.3 Å². The molecule has 0 aliphatic heterocycles. The van der Waals surface area contributed by atoms with E-state index in [-0.39, 0.29) is 24.3 Å². The van der Waals surface area contributed by atoms with Crippen LogP contribution in [0, 0.1) is 12.8 Å². The van der Waals surface area contributed by atoms with Gasteiger partial charge < -0.3 is 10.6 Å². The summed E-state index contributed by atoms with van der Waals surface area (Å²) in [6, 6.07) is 7.95. The first-order valence-corrected chi connectivity index (χ1v) is 7.75. The van der Waals surface area contributed by atoms with Crippen LogP contribution in [0.5, 0.6) is 0 Å². The van der Waals surface area contributed by atoms with Gasteiger partial charge in [0.15, 0.2) is 0 Å². The van der Waals surface area contributed by atoms with E-state index in [1.807, 2.05) is 31.2 Å². The lowest BCUT2D eigenvalue weighted by Gasteiger charge is -2.20. The molecule has 0 saturated heterocycles. The number of carbonyl (C=O) groups is 2. The normalized spacial score (nSPS) is 15.5. The third kappa shape index (κ3) is 4.88. The Morgan fingerprint density at radius 1 is 1.10 bits per heavy atom. The Balaban J connectivity index is 1.70. The van der Waals surface area contributed by atoms with Gasteiger partial charge in [0.2, 0.25) is 11.8 Å². The van der Waals surface area contributed by atoms with E-state index in [2.05, 4.69) is 10.6 Å². The highest BCUT2D eigenvalue weighted by Crippen LogP contribution is 2.23. The monoisotopic (exact) mass is 288 g/mol. The van der Waals surface area contributed by atoms with Crippen LogP contribution < -0.4 is 10.6 Å². The lowest BCUT2D eigenvalue weighted by atomic mass is 9.89. The molecule has 0 radical (unpaired) electrons. The van der Waals surface area contributed by atoms with Crippen LogP contribution in [-0.2, 0) is 16.1 Å². The average Bonchev–Trinajstić information content (AvgIpc) is 2.52. The van der Waals surface area contributed by atoms with Crippen molar-refractivity contribution in [3.8, 4) is 0 Å². The lowest BCUT2D eigenvalue weighted by molar-refractivity contribution is -0.129. The number of carbonyl (C=O) groups excluding carboxylic acids is 2. The van der Waals surface area contributed by atoms with Gasteiger partial charge in [-0.3, -0.25) is 9.59 Å². The number of hydrogen-bond donors (Lipinski definition) is 2. The summed E-state index contributed by atoms with van der Waals surface area (Å²) in [7, 11) is 0. The molecule has 114 valence electrons. The van der Waals surface area contributed by atoms with E-state index in [0.29, 0.717) is 6.54 Å². The Morgan fingerprint density at radius 3 is 2.52 bits per heavy atom. The number of aryl methyl sites for hydroxylation is 1. The fourth-order valence-electron chi connectivity index (χ4n) is 2.74. The molecule has 0 heterocycles. The molecule has 1 aliphatic rings. The van der Waals surface area contributed by atoms with E-state index in [0.717, 1.165) is 36.8 Å². The fourth-order valence-corrected chi connectivity index (χ4v) is 2.74. The minimum Gasteiger partial charge on any atom is -0.350 e. The molecule has 1 aromatic rings. The number of hydrogen-bond acceptors (Lipinski definition) is 2. The maximum absolute atomic E-state index is 11.9. The topological polar surface area (TPSA) is 58.2 Å². The van der Waals surface area contributed by atoms with E-state index in [9.17, 15) is 9.59 Å². The van der Waals surface area contributed by atoms with Crippen molar-refractivity contribution in [2.24, 2.45) is 5.92 Å². The Labute approximate surface area is 126 Å². The van der Waals surface area contributed by atoms with Gasteiger partial charge in [-0.25, -0.2) is 0 Å². The summed E-state index contributed by atoms with van der Waals surface area (Å²) in [5.74, 6) is -0.00827. The SMILES string of the molecule is Cc1ccccc1CNC(=O)CNC(=O)C1CCCCC1. The van der Waals surface area contributed by atoms with Crippen molar-refractivity contribution in [3.05, 3.63) is 35.4 Å². The summed E-state index contributed by atoms with van der Waals surface area (Å²) < 4.78 is 0. The summed E-state index contributed by atoms with van der Waals surface area (Å²) in [4.78, 5) is 23.7. The molecule has 4 nitrogen and oxygen atoms in total. The zero-order valence-corrected chi connectivity index (χ0v) is 12.7. The molecule has 1 aromatic carbocycles. The second-order valence-electron chi connectivity index (χ2n) is 5.76. The predicted molar refractivity (Wildman–Crippen MR) is 82.6 cm³/mol. The van der Waals surface area contributed by atoms with Crippen molar-refractivity contribution in [3.63, 3.8) is 0 Å². The highest BCUT2D eigenvalue weighted by molar-refractivity contribution is 5.85. The molecule has 0 unspecified atom stereocenters. The largest absolute Gasteiger partial charge is 0.350 e. The lowest BCUT2D eigenvalue weighted by Crippen LogP contribution is -2.39.